The Morgan fingerprint density at radius 3 is 2.50 bits per heavy atom. The van der Waals surface area contributed by atoms with E-state index in [-0.39, 0.29) is 40.4 Å². The maximum Gasteiger partial charge on any atom is 0.258 e. The minimum atomic E-state index is -3.77. The van der Waals surface area contributed by atoms with Crippen molar-refractivity contribution in [1.82, 2.24) is 9.62 Å². The summed E-state index contributed by atoms with van der Waals surface area (Å²) in [6, 6.07) is 6.10. The molecule has 2 heterocycles. The van der Waals surface area contributed by atoms with Crippen LogP contribution in [-0.4, -0.2) is 44.3 Å². The van der Waals surface area contributed by atoms with Gasteiger partial charge < -0.3 is 19.7 Å². The molecule has 32 heavy (non-hydrogen) atoms. The van der Waals surface area contributed by atoms with Gasteiger partial charge in [-0.15, -0.1) is 0 Å². The van der Waals surface area contributed by atoms with Gasteiger partial charge in [0.2, 0.25) is 0 Å². The van der Waals surface area contributed by atoms with Crippen molar-refractivity contribution in [2.75, 3.05) is 19.4 Å². The highest BCUT2D eigenvalue weighted by Gasteiger charge is 2.29. The van der Waals surface area contributed by atoms with Gasteiger partial charge in [0, 0.05) is 14.1 Å². The maximum atomic E-state index is 12.3. The quantitative estimate of drug-likeness (QED) is 0.568. The zero-order valence-corrected chi connectivity index (χ0v) is 19.7. The van der Waals surface area contributed by atoms with Gasteiger partial charge in [-0.25, -0.2) is 8.42 Å². The molecule has 172 valence electrons. The fourth-order valence-corrected chi connectivity index (χ4v) is 4.22. The van der Waals surface area contributed by atoms with E-state index in [0.717, 1.165) is 16.7 Å². The number of benzene rings is 1. The Hall–Kier alpha value is -3.27. The summed E-state index contributed by atoms with van der Waals surface area (Å²) in [5.74, 6) is 0.865. The van der Waals surface area contributed by atoms with Gasteiger partial charge >= 0.3 is 0 Å². The summed E-state index contributed by atoms with van der Waals surface area (Å²) in [7, 11) is -0.614. The number of furan rings is 1. The molecule has 3 rings (SSSR count). The molecule has 0 saturated carbocycles. The van der Waals surface area contributed by atoms with Crippen LogP contribution in [0.25, 0.3) is 0 Å². The predicted octanol–water partition coefficient (Wildman–Crippen LogP) is 3.29. The average Bonchev–Trinajstić information content (AvgIpc) is 3.17. The van der Waals surface area contributed by atoms with Crippen LogP contribution in [0.2, 0.25) is 0 Å². The van der Waals surface area contributed by atoms with E-state index in [2.05, 4.69) is 15.0 Å². The van der Waals surface area contributed by atoms with E-state index in [9.17, 15) is 18.3 Å². The van der Waals surface area contributed by atoms with Crippen LogP contribution in [-0.2, 0) is 10.0 Å². The lowest BCUT2D eigenvalue weighted by molar-refractivity contribution is 0.0824. The molecule has 1 aliphatic rings. The first-order chi connectivity index (χ1) is 14.9. The van der Waals surface area contributed by atoms with E-state index in [1.807, 2.05) is 33.8 Å². The van der Waals surface area contributed by atoms with E-state index < -0.39 is 16.1 Å². The zero-order valence-electron chi connectivity index (χ0n) is 18.9. The van der Waals surface area contributed by atoms with Crippen LogP contribution < -0.4 is 10.0 Å². The number of phenols is 1. The summed E-state index contributed by atoms with van der Waals surface area (Å²) in [5, 5.41) is 14.5. The number of aryl methyl sites for hydroxylation is 2. The number of aliphatic imine (C=N–C) groups is 1. The molecule has 0 spiro atoms. The second-order valence-electron chi connectivity index (χ2n) is 8.26. The van der Waals surface area contributed by atoms with Crippen LogP contribution in [0, 0.1) is 19.8 Å². The largest absolute Gasteiger partial charge is 0.505 e. The van der Waals surface area contributed by atoms with Crippen molar-refractivity contribution < 1.29 is 22.7 Å². The minimum Gasteiger partial charge on any atom is -0.505 e. The smallest absolute Gasteiger partial charge is 0.258 e. The zero-order chi connectivity index (χ0) is 23.8. The number of phenolic OH excluding ortho intramolecular Hbond substituents is 1. The number of amidine groups is 1. The molecule has 0 bridgehead atoms. The molecule has 1 aliphatic heterocycles. The van der Waals surface area contributed by atoms with Crippen LogP contribution in [0.15, 0.2) is 44.8 Å². The normalized spacial score (nSPS) is 17.2. The van der Waals surface area contributed by atoms with Crippen molar-refractivity contribution in [2.24, 2.45) is 10.9 Å². The molecule has 0 radical (unpaired) electrons. The predicted molar refractivity (Wildman–Crippen MR) is 123 cm³/mol. The Morgan fingerprint density at radius 1 is 1.25 bits per heavy atom. The van der Waals surface area contributed by atoms with Gasteiger partial charge in [-0.1, -0.05) is 19.9 Å². The average molecular weight is 461 g/mol. The van der Waals surface area contributed by atoms with E-state index in [0.29, 0.717) is 5.76 Å². The molecule has 0 saturated heterocycles. The Labute approximate surface area is 187 Å². The van der Waals surface area contributed by atoms with Crippen LogP contribution in [0.4, 0.5) is 5.69 Å². The topological polar surface area (TPSA) is 124 Å². The Morgan fingerprint density at radius 2 is 1.94 bits per heavy atom. The number of para-hydroxylation sites is 1. The molecular formula is C22H28N4O5S. The number of carbonyl (C=O) groups excluding carboxylic acids is 1. The fraction of sp³-hybridized carbons (Fsp3) is 0.364. The molecule has 1 aromatic carbocycles. The first kappa shape index (κ1) is 23.4. The van der Waals surface area contributed by atoms with Crippen LogP contribution >= 0.6 is 0 Å². The maximum absolute atomic E-state index is 12.3. The van der Waals surface area contributed by atoms with Gasteiger partial charge in [0.15, 0.2) is 11.6 Å². The minimum absolute atomic E-state index is 0.0215. The van der Waals surface area contributed by atoms with Crippen molar-refractivity contribution in [3.8, 4) is 5.75 Å². The summed E-state index contributed by atoms with van der Waals surface area (Å²) in [4.78, 5) is 18.3. The molecule has 1 aromatic heterocycles. The second-order valence-corrected chi connectivity index (χ2v) is 9.79. The highest BCUT2D eigenvalue weighted by atomic mass is 32.2. The lowest BCUT2D eigenvalue weighted by Crippen LogP contribution is -2.26. The molecule has 2 aromatic rings. The number of carbonyl (C=O) groups is 1. The number of amides is 1. The first-order valence-electron chi connectivity index (χ1n) is 10.1. The Bertz CT molecular complexity index is 1190. The Kier molecular flexibility index (Phi) is 6.36. The van der Waals surface area contributed by atoms with Crippen LogP contribution in [0.1, 0.15) is 47.3 Å². The van der Waals surface area contributed by atoms with Crippen molar-refractivity contribution in [1.29, 1.82) is 0 Å². The van der Waals surface area contributed by atoms with Crippen molar-refractivity contribution in [3.05, 3.63) is 58.0 Å². The monoisotopic (exact) mass is 460 g/mol. The summed E-state index contributed by atoms with van der Waals surface area (Å²) >= 11 is 0. The summed E-state index contributed by atoms with van der Waals surface area (Å²) in [6.07, 6.45) is 0. The molecule has 1 amide bonds. The third-order valence-corrected chi connectivity index (χ3v) is 6.11. The van der Waals surface area contributed by atoms with Crippen molar-refractivity contribution in [2.45, 2.75) is 33.7 Å². The highest BCUT2D eigenvalue weighted by molar-refractivity contribution is 7.93. The van der Waals surface area contributed by atoms with E-state index in [1.54, 1.807) is 26.2 Å². The SMILES string of the molecule is Cc1cc([C@H](N=C2NS(=O)(=O)C=C2Nc2cccc(C(=O)N(C)C)c2O)C(C)C)oc1C. The number of sulfonamides is 1. The van der Waals surface area contributed by atoms with Gasteiger partial charge in [0.05, 0.1) is 22.4 Å². The van der Waals surface area contributed by atoms with Crippen molar-refractivity contribution in [3.63, 3.8) is 0 Å². The summed E-state index contributed by atoms with van der Waals surface area (Å²) in [6.45, 7) is 7.72. The number of rotatable bonds is 6. The number of nitrogens with one attached hydrogen (secondary N) is 2. The van der Waals surface area contributed by atoms with E-state index in [4.69, 9.17) is 4.42 Å². The van der Waals surface area contributed by atoms with Gasteiger partial charge in [-0.2, -0.15) is 0 Å². The standard InChI is InChI=1S/C22H28N4O5S/c1-12(2)19(18-10-13(3)14(4)31-18)24-21-17(11-32(29,30)25-21)23-16-9-7-8-15(20(16)27)22(28)26(5)6/h7-12,19,23,27H,1-6H3,(H,24,25)/t19-/m1/s1. The molecule has 1 atom stereocenters. The first-order valence-corrected chi connectivity index (χ1v) is 11.6. The van der Waals surface area contributed by atoms with Gasteiger partial charge in [0.25, 0.3) is 15.9 Å². The van der Waals surface area contributed by atoms with Gasteiger partial charge in [-0.3, -0.25) is 14.5 Å². The summed E-state index contributed by atoms with van der Waals surface area (Å²) in [5.41, 5.74) is 1.41. The number of nitrogens with zero attached hydrogens (tertiary/aromatic N) is 2. The lowest BCUT2D eigenvalue weighted by Gasteiger charge is -2.17. The van der Waals surface area contributed by atoms with Crippen LogP contribution in [0.5, 0.6) is 5.75 Å². The molecule has 0 fully saturated rings. The fourth-order valence-electron chi connectivity index (χ4n) is 3.25. The number of aromatic hydroxyl groups is 1. The number of anilines is 1. The van der Waals surface area contributed by atoms with E-state index >= 15 is 0 Å². The molecule has 10 heteroatoms. The summed E-state index contributed by atoms with van der Waals surface area (Å²) < 4.78 is 32.8. The van der Waals surface area contributed by atoms with Crippen molar-refractivity contribution >= 4 is 27.5 Å². The Balaban J connectivity index is 2.00. The second kappa shape index (κ2) is 8.70. The van der Waals surface area contributed by atoms with Gasteiger partial charge in [-0.05, 0) is 43.5 Å². The van der Waals surface area contributed by atoms with E-state index in [1.165, 1.54) is 11.0 Å². The molecule has 0 unspecified atom stereocenters. The number of hydrogen-bond acceptors (Lipinski definition) is 7. The third-order valence-electron chi connectivity index (χ3n) is 5.09. The third kappa shape index (κ3) is 4.80. The molecular weight excluding hydrogens is 432 g/mol. The molecule has 9 nitrogen and oxygen atoms in total. The lowest BCUT2D eigenvalue weighted by atomic mass is 10.0. The number of hydrogen-bond donors (Lipinski definition) is 3. The highest BCUT2D eigenvalue weighted by Crippen LogP contribution is 2.33. The molecule has 0 aliphatic carbocycles. The van der Waals surface area contributed by atoms with Gasteiger partial charge in [0.1, 0.15) is 17.6 Å². The van der Waals surface area contributed by atoms with Crippen LogP contribution in [0.3, 0.4) is 0 Å². The molecule has 3 N–H and O–H groups in total.